The van der Waals surface area contributed by atoms with Gasteiger partial charge in [0.25, 0.3) is 5.91 Å². The second kappa shape index (κ2) is 9.55. The molecule has 3 aromatic rings. The van der Waals surface area contributed by atoms with Crippen LogP contribution in [-0.2, 0) is 27.4 Å². The van der Waals surface area contributed by atoms with Crippen LogP contribution in [0, 0.1) is 0 Å². The first-order chi connectivity index (χ1) is 14.5. The molecule has 9 nitrogen and oxygen atoms in total. The summed E-state index contributed by atoms with van der Waals surface area (Å²) in [5.74, 6) is -1.22. The third-order valence-corrected chi connectivity index (χ3v) is 4.21. The zero-order valence-corrected chi connectivity index (χ0v) is 16.5. The summed E-state index contributed by atoms with van der Waals surface area (Å²) in [6, 6.07) is 16.0. The van der Waals surface area contributed by atoms with Gasteiger partial charge < -0.3 is 19.2 Å². The van der Waals surface area contributed by atoms with Crippen molar-refractivity contribution in [3.63, 3.8) is 0 Å². The topological polar surface area (TPSA) is 113 Å². The van der Waals surface area contributed by atoms with Crippen LogP contribution in [0.2, 0.25) is 0 Å². The van der Waals surface area contributed by atoms with Crippen LogP contribution in [0.5, 0.6) is 5.75 Å². The molecule has 0 aliphatic rings. The van der Waals surface area contributed by atoms with Gasteiger partial charge in [0.2, 0.25) is 5.89 Å². The zero-order valence-electron chi connectivity index (χ0n) is 16.5. The first-order valence-corrected chi connectivity index (χ1v) is 9.19. The lowest BCUT2D eigenvalue weighted by molar-refractivity contribution is -0.155. The first-order valence-electron chi connectivity index (χ1n) is 9.19. The molecule has 9 heteroatoms. The van der Waals surface area contributed by atoms with E-state index >= 15 is 0 Å². The number of benzene rings is 2. The van der Waals surface area contributed by atoms with Crippen molar-refractivity contribution in [2.75, 3.05) is 7.11 Å². The molecule has 30 heavy (non-hydrogen) atoms. The van der Waals surface area contributed by atoms with Crippen LogP contribution in [0.15, 0.2) is 63.8 Å². The lowest BCUT2D eigenvalue weighted by Crippen LogP contribution is -2.36. The smallest absolute Gasteiger partial charge is 0.437 e. The van der Waals surface area contributed by atoms with Gasteiger partial charge in [-0.05, 0) is 36.8 Å². The van der Waals surface area contributed by atoms with Crippen LogP contribution < -0.4 is 15.8 Å². The van der Waals surface area contributed by atoms with Crippen molar-refractivity contribution in [3.8, 4) is 17.2 Å². The van der Waals surface area contributed by atoms with Crippen LogP contribution in [0.25, 0.3) is 11.5 Å². The third kappa shape index (κ3) is 5.34. The number of carbonyl (C=O) groups is 2. The number of hydrogen-bond donors (Lipinski definition) is 1. The van der Waals surface area contributed by atoms with E-state index < -0.39 is 30.3 Å². The third-order valence-electron chi connectivity index (χ3n) is 4.21. The van der Waals surface area contributed by atoms with E-state index in [2.05, 4.69) is 10.4 Å². The number of rotatable bonds is 8. The van der Waals surface area contributed by atoms with Crippen molar-refractivity contribution >= 4 is 11.9 Å². The maximum Gasteiger partial charge on any atom is 0.437 e. The Bertz CT molecular complexity index is 1060. The van der Waals surface area contributed by atoms with Gasteiger partial charge in [0, 0.05) is 12.1 Å². The molecule has 3 rings (SSSR count). The standard InChI is InChI=1S/C21H21N3O6/c1-14(19(26)22-12-15-8-10-17(28-2)11-9-15)29-18(25)13-24-21(27)30-20(23-24)16-6-4-3-5-7-16/h3-11,14H,12-13H2,1-2H3,(H,22,26)/t14-/m0/s1. The number of amides is 1. The highest BCUT2D eigenvalue weighted by Crippen LogP contribution is 2.14. The molecule has 1 amide bonds. The Morgan fingerprint density at radius 3 is 2.50 bits per heavy atom. The van der Waals surface area contributed by atoms with Crippen molar-refractivity contribution in [2.24, 2.45) is 0 Å². The number of carbonyl (C=O) groups excluding carboxylic acids is 2. The first kappa shape index (κ1) is 20.8. The summed E-state index contributed by atoms with van der Waals surface area (Å²) in [7, 11) is 1.57. The maximum atomic E-state index is 12.2. The fourth-order valence-corrected chi connectivity index (χ4v) is 2.59. The van der Waals surface area contributed by atoms with E-state index in [0.29, 0.717) is 11.3 Å². The fraction of sp³-hybridized carbons (Fsp3) is 0.238. The van der Waals surface area contributed by atoms with Gasteiger partial charge in [-0.3, -0.25) is 9.59 Å². The molecule has 0 radical (unpaired) electrons. The SMILES string of the molecule is COc1ccc(CNC(=O)[C@H](C)OC(=O)Cn2nc(-c3ccccc3)oc2=O)cc1. The Labute approximate surface area is 172 Å². The Hall–Kier alpha value is -3.88. The Balaban J connectivity index is 1.52. The van der Waals surface area contributed by atoms with E-state index in [-0.39, 0.29) is 12.4 Å². The predicted molar refractivity (Wildman–Crippen MR) is 107 cm³/mol. The monoisotopic (exact) mass is 411 g/mol. The highest BCUT2D eigenvalue weighted by molar-refractivity contribution is 5.83. The average molecular weight is 411 g/mol. The number of aromatic nitrogens is 2. The van der Waals surface area contributed by atoms with Crippen molar-refractivity contribution in [1.82, 2.24) is 15.1 Å². The lowest BCUT2D eigenvalue weighted by atomic mass is 10.2. The molecule has 0 aliphatic heterocycles. The van der Waals surface area contributed by atoms with Crippen molar-refractivity contribution in [1.29, 1.82) is 0 Å². The molecule has 0 saturated carbocycles. The molecule has 0 fully saturated rings. The molecule has 2 aromatic carbocycles. The number of nitrogens with zero attached hydrogens (tertiary/aromatic N) is 2. The minimum atomic E-state index is -1.04. The molecule has 1 aromatic heterocycles. The summed E-state index contributed by atoms with van der Waals surface area (Å²) in [6.07, 6.45) is -1.04. The van der Waals surface area contributed by atoms with Gasteiger partial charge >= 0.3 is 11.7 Å². The molecular weight excluding hydrogens is 390 g/mol. The maximum absolute atomic E-state index is 12.2. The molecule has 1 atom stereocenters. The molecule has 0 spiro atoms. The predicted octanol–water partition coefficient (Wildman–Crippen LogP) is 1.76. The highest BCUT2D eigenvalue weighted by atomic mass is 16.5. The summed E-state index contributed by atoms with van der Waals surface area (Å²) in [6.45, 7) is 1.25. The lowest BCUT2D eigenvalue weighted by Gasteiger charge is -2.13. The second-order valence-electron chi connectivity index (χ2n) is 6.39. The summed E-state index contributed by atoms with van der Waals surface area (Å²) >= 11 is 0. The number of esters is 1. The van der Waals surface area contributed by atoms with Crippen LogP contribution in [0.1, 0.15) is 12.5 Å². The molecule has 1 N–H and O–H groups in total. The summed E-state index contributed by atoms with van der Waals surface area (Å²) in [4.78, 5) is 36.2. The summed E-state index contributed by atoms with van der Waals surface area (Å²) < 4.78 is 16.1. The molecule has 1 heterocycles. The average Bonchev–Trinajstić information content (AvgIpc) is 3.13. The van der Waals surface area contributed by atoms with Crippen molar-refractivity contribution in [3.05, 3.63) is 70.7 Å². The van der Waals surface area contributed by atoms with E-state index in [0.717, 1.165) is 10.2 Å². The van der Waals surface area contributed by atoms with Crippen LogP contribution in [0.4, 0.5) is 0 Å². The second-order valence-corrected chi connectivity index (χ2v) is 6.39. The normalized spacial score (nSPS) is 11.5. The largest absolute Gasteiger partial charge is 0.497 e. The van der Waals surface area contributed by atoms with E-state index in [9.17, 15) is 14.4 Å². The number of nitrogens with one attached hydrogen (secondary N) is 1. The van der Waals surface area contributed by atoms with Crippen LogP contribution >= 0.6 is 0 Å². The van der Waals surface area contributed by atoms with Gasteiger partial charge in [-0.15, -0.1) is 5.10 Å². The minimum absolute atomic E-state index is 0.0960. The number of ether oxygens (including phenoxy) is 2. The van der Waals surface area contributed by atoms with Crippen LogP contribution in [0.3, 0.4) is 0 Å². The fourth-order valence-electron chi connectivity index (χ4n) is 2.59. The Morgan fingerprint density at radius 2 is 1.83 bits per heavy atom. The summed E-state index contributed by atoms with van der Waals surface area (Å²) in [5, 5.41) is 6.67. The van der Waals surface area contributed by atoms with E-state index in [4.69, 9.17) is 13.9 Å². The number of methoxy groups -OCH3 is 1. The van der Waals surface area contributed by atoms with Gasteiger partial charge in [-0.1, -0.05) is 30.3 Å². The molecule has 0 bridgehead atoms. The van der Waals surface area contributed by atoms with Crippen molar-refractivity contribution in [2.45, 2.75) is 26.1 Å². The Kier molecular flexibility index (Phi) is 6.63. The molecule has 0 aliphatic carbocycles. The molecule has 0 saturated heterocycles. The van der Waals surface area contributed by atoms with E-state index in [1.807, 2.05) is 18.2 Å². The van der Waals surface area contributed by atoms with Crippen LogP contribution in [-0.4, -0.2) is 34.9 Å². The van der Waals surface area contributed by atoms with Gasteiger partial charge in [-0.25, -0.2) is 4.79 Å². The zero-order chi connectivity index (χ0) is 21.5. The highest BCUT2D eigenvalue weighted by Gasteiger charge is 2.20. The van der Waals surface area contributed by atoms with E-state index in [1.54, 1.807) is 43.5 Å². The summed E-state index contributed by atoms with van der Waals surface area (Å²) in [5.41, 5.74) is 1.47. The van der Waals surface area contributed by atoms with Gasteiger partial charge in [-0.2, -0.15) is 4.68 Å². The van der Waals surface area contributed by atoms with Gasteiger partial charge in [0.1, 0.15) is 12.3 Å². The van der Waals surface area contributed by atoms with Gasteiger partial charge in [0.15, 0.2) is 6.10 Å². The minimum Gasteiger partial charge on any atom is -0.497 e. The van der Waals surface area contributed by atoms with Gasteiger partial charge in [0.05, 0.1) is 7.11 Å². The molecule has 156 valence electrons. The molecular formula is C21H21N3O6. The Morgan fingerprint density at radius 1 is 1.13 bits per heavy atom. The van der Waals surface area contributed by atoms with E-state index in [1.165, 1.54) is 6.92 Å². The van der Waals surface area contributed by atoms with Crippen molar-refractivity contribution < 1.29 is 23.5 Å². The quantitative estimate of drug-likeness (QED) is 0.562. The number of hydrogen-bond acceptors (Lipinski definition) is 7. The molecule has 0 unspecified atom stereocenters.